The summed E-state index contributed by atoms with van der Waals surface area (Å²) in [6, 6.07) is 4.67. The third kappa shape index (κ3) is 3.06. The number of benzene rings is 1. The van der Waals surface area contributed by atoms with Gasteiger partial charge in [0.15, 0.2) is 5.69 Å². The van der Waals surface area contributed by atoms with Gasteiger partial charge in [-0.15, -0.1) is 0 Å². The van der Waals surface area contributed by atoms with Gasteiger partial charge in [-0.2, -0.15) is 13.2 Å². The normalized spacial score (nSPS) is 11.5. The number of halogens is 5. The van der Waals surface area contributed by atoms with Crippen LogP contribution in [0, 0.1) is 5.82 Å². The standard InChI is InChI=1S/C12H8BrF4N3/c1-18-11-19-9(5-10(20-11)12(15,16)17)7-4-6(13)2-3-8(7)14/h2-5H,1H3,(H,18,19,20). The summed E-state index contributed by atoms with van der Waals surface area (Å²) >= 11 is 3.14. The Labute approximate surface area is 120 Å². The average molecular weight is 350 g/mol. The molecule has 1 N–H and O–H groups in total. The molecule has 0 fully saturated rings. The van der Waals surface area contributed by atoms with Gasteiger partial charge in [-0.25, -0.2) is 14.4 Å². The molecule has 0 saturated carbocycles. The quantitative estimate of drug-likeness (QED) is 0.829. The maximum Gasteiger partial charge on any atom is 0.433 e. The van der Waals surface area contributed by atoms with Crippen molar-refractivity contribution in [3.8, 4) is 11.3 Å². The number of nitrogens with one attached hydrogen (secondary N) is 1. The zero-order valence-electron chi connectivity index (χ0n) is 10.1. The maximum atomic E-state index is 13.7. The third-order valence-corrected chi connectivity index (χ3v) is 2.94. The summed E-state index contributed by atoms with van der Waals surface area (Å²) < 4.78 is 52.5. The molecule has 0 aliphatic rings. The third-order valence-electron chi connectivity index (χ3n) is 2.44. The Morgan fingerprint density at radius 2 is 1.85 bits per heavy atom. The molecule has 1 aromatic carbocycles. The van der Waals surface area contributed by atoms with Crippen LogP contribution in [0.4, 0.5) is 23.5 Å². The molecule has 0 amide bonds. The summed E-state index contributed by atoms with van der Waals surface area (Å²) in [6.07, 6.45) is -4.63. The molecule has 3 nitrogen and oxygen atoms in total. The van der Waals surface area contributed by atoms with Crippen molar-refractivity contribution in [3.05, 3.63) is 40.2 Å². The number of nitrogens with zero attached hydrogens (tertiary/aromatic N) is 2. The monoisotopic (exact) mass is 349 g/mol. The van der Waals surface area contributed by atoms with Gasteiger partial charge in [0.1, 0.15) is 5.82 Å². The molecular formula is C12H8BrF4N3. The summed E-state index contributed by atoms with van der Waals surface area (Å²) in [5.74, 6) is -0.892. The highest BCUT2D eigenvalue weighted by atomic mass is 79.9. The highest BCUT2D eigenvalue weighted by molar-refractivity contribution is 9.10. The SMILES string of the molecule is CNc1nc(-c2cc(Br)ccc2F)cc(C(F)(F)F)n1. The minimum Gasteiger partial charge on any atom is -0.357 e. The molecule has 0 aliphatic carbocycles. The second-order valence-electron chi connectivity index (χ2n) is 3.83. The Kier molecular flexibility index (Phi) is 3.94. The van der Waals surface area contributed by atoms with Gasteiger partial charge in [0.25, 0.3) is 0 Å². The van der Waals surface area contributed by atoms with E-state index < -0.39 is 17.7 Å². The fourth-order valence-corrected chi connectivity index (χ4v) is 1.90. The first-order chi connectivity index (χ1) is 9.31. The zero-order valence-corrected chi connectivity index (χ0v) is 11.7. The van der Waals surface area contributed by atoms with Crippen LogP contribution in [0.3, 0.4) is 0 Å². The molecule has 0 spiro atoms. The van der Waals surface area contributed by atoms with E-state index in [0.717, 1.165) is 6.07 Å². The first-order valence-electron chi connectivity index (χ1n) is 5.40. The van der Waals surface area contributed by atoms with Crippen LogP contribution in [0.5, 0.6) is 0 Å². The van der Waals surface area contributed by atoms with Gasteiger partial charge in [0.05, 0.1) is 5.69 Å². The van der Waals surface area contributed by atoms with Crippen molar-refractivity contribution in [2.45, 2.75) is 6.18 Å². The van der Waals surface area contributed by atoms with E-state index in [4.69, 9.17) is 0 Å². The van der Waals surface area contributed by atoms with E-state index in [1.807, 2.05) is 0 Å². The summed E-state index contributed by atoms with van der Waals surface area (Å²) in [4.78, 5) is 7.17. The van der Waals surface area contributed by atoms with Crippen LogP contribution in [-0.2, 0) is 6.18 Å². The summed E-state index contributed by atoms with van der Waals surface area (Å²) in [6.45, 7) is 0. The van der Waals surface area contributed by atoms with E-state index in [2.05, 4.69) is 31.2 Å². The lowest BCUT2D eigenvalue weighted by Crippen LogP contribution is -2.11. The molecule has 2 rings (SSSR count). The van der Waals surface area contributed by atoms with Crippen molar-refractivity contribution in [1.82, 2.24) is 9.97 Å². The van der Waals surface area contributed by atoms with Crippen LogP contribution in [0.15, 0.2) is 28.7 Å². The van der Waals surface area contributed by atoms with Gasteiger partial charge < -0.3 is 5.32 Å². The minimum absolute atomic E-state index is 0.0382. The van der Waals surface area contributed by atoms with E-state index in [1.54, 1.807) is 0 Å². The first kappa shape index (κ1) is 14.7. The molecule has 106 valence electrons. The average Bonchev–Trinajstić information content (AvgIpc) is 2.40. The molecule has 8 heteroatoms. The van der Waals surface area contributed by atoms with Crippen molar-refractivity contribution in [2.24, 2.45) is 0 Å². The highest BCUT2D eigenvalue weighted by Gasteiger charge is 2.34. The number of aromatic nitrogens is 2. The lowest BCUT2D eigenvalue weighted by atomic mass is 10.1. The van der Waals surface area contributed by atoms with Crippen molar-refractivity contribution < 1.29 is 17.6 Å². The zero-order chi connectivity index (χ0) is 14.9. The number of anilines is 1. The maximum absolute atomic E-state index is 13.7. The molecule has 0 aliphatic heterocycles. The van der Waals surface area contributed by atoms with Crippen LogP contribution in [0.1, 0.15) is 5.69 Å². The van der Waals surface area contributed by atoms with Crippen molar-refractivity contribution in [1.29, 1.82) is 0 Å². The largest absolute Gasteiger partial charge is 0.433 e. The van der Waals surface area contributed by atoms with Gasteiger partial charge in [-0.3, -0.25) is 0 Å². The smallest absolute Gasteiger partial charge is 0.357 e. The Balaban J connectivity index is 2.64. The number of alkyl halides is 3. The summed E-state index contributed by atoms with van der Waals surface area (Å²) in [5, 5.41) is 2.43. The van der Waals surface area contributed by atoms with Crippen LogP contribution in [-0.4, -0.2) is 17.0 Å². The molecular weight excluding hydrogens is 342 g/mol. The fourth-order valence-electron chi connectivity index (χ4n) is 1.54. The molecule has 0 atom stereocenters. The fraction of sp³-hybridized carbons (Fsp3) is 0.167. The number of rotatable bonds is 2. The van der Waals surface area contributed by atoms with Crippen LogP contribution in [0.2, 0.25) is 0 Å². The van der Waals surface area contributed by atoms with Gasteiger partial charge >= 0.3 is 6.18 Å². The molecule has 1 aromatic heterocycles. The lowest BCUT2D eigenvalue weighted by Gasteiger charge is -2.11. The Hall–Kier alpha value is -1.70. The highest BCUT2D eigenvalue weighted by Crippen LogP contribution is 2.32. The Morgan fingerprint density at radius 3 is 2.45 bits per heavy atom. The van der Waals surface area contributed by atoms with Crippen molar-refractivity contribution in [2.75, 3.05) is 12.4 Å². The number of hydrogen-bond donors (Lipinski definition) is 1. The van der Waals surface area contributed by atoms with Gasteiger partial charge in [0, 0.05) is 17.1 Å². The Morgan fingerprint density at radius 1 is 1.15 bits per heavy atom. The molecule has 1 heterocycles. The predicted molar refractivity (Wildman–Crippen MR) is 69.7 cm³/mol. The van der Waals surface area contributed by atoms with E-state index >= 15 is 0 Å². The minimum atomic E-state index is -4.63. The van der Waals surface area contributed by atoms with Crippen molar-refractivity contribution in [3.63, 3.8) is 0 Å². The molecule has 20 heavy (non-hydrogen) atoms. The second kappa shape index (κ2) is 5.35. The van der Waals surface area contributed by atoms with E-state index in [0.29, 0.717) is 10.5 Å². The van der Waals surface area contributed by atoms with E-state index in [9.17, 15) is 17.6 Å². The molecule has 2 aromatic rings. The molecule has 0 radical (unpaired) electrons. The van der Waals surface area contributed by atoms with Gasteiger partial charge in [-0.1, -0.05) is 15.9 Å². The summed E-state index contributed by atoms with van der Waals surface area (Å²) in [7, 11) is 1.39. The molecule has 0 saturated heterocycles. The molecule has 0 unspecified atom stereocenters. The van der Waals surface area contributed by atoms with E-state index in [-0.39, 0.29) is 17.2 Å². The van der Waals surface area contributed by atoms with Gasteiger partial charge in [-0.05, 0) is 24.3 Å². The van der Waals surface area contributed by atoms with Crippen molar-refractivity contribution >= 4 is 21.9 Å². The predicted octanol–water partition coefficient (Wildman–Crippen LogP) is 4.11. The van der Waals surface area contributed by atoms with E-state index in [1.165, 1.54) is 19.2 Å². The summed E-state index contributed by atoms with van der Waals surface area (Å²) in [5.41, 5.74) is -1.31. The molecule has 0 bridgehead atoms. The topological polar surface area (TPSA) is 37.8 Å². The van der Waals surface area contributed by atoms with Crippen LogP contribution < -0.4 is 5.32 Å². The first-order valence-corrected chi connectivity index (χ1v) is 6.20. The lowest BCUT2D eigenvalue weighted by molar-refractivity contribution is -0.141. The Bertz CT molecular complexity index is 643. The van der Waals surface area contributed by atoms with Gasteiger partial charge in [0.2, 0.25) is 5.95 Å². The number of hydrogen-bond acceptors (Lipinski definition) is 3. The van der Waals surface area contributed by atoms with Crippen LogP contribution >= 0.6 is 15.9 Å². The van der Waals surface area contributed by atoms with Crippen LogP contribution in [0.25, 0.3) is 11.3 Å². The second-order valence-corrected chi connectivity index (χ2v) is 4.75.